The van der Waals surface area contributed by atoms with Crippen molar-refractivity contribution >= 4 is 6.09 Å². The molecule has 0 bridgehead atoms. The lowest BCUT2D eigenvalue weighted by Crippen LogP contribution is -2.43. The average Bonchev–Trinajstić information content (AvgIpc) is 1.81. The van der Waals surface area contributed by atoms with Gasteiger partial charge in [-0.1, -0.05) is 13.3 Å². The quantitative estimate of drug-likeness (QED) is 0.661. The Labute approximate surface area is 79.8 Å². The number of amides is 1. The Hall–Kier alpha value is -0.770. The molecule has 0 fully saturated rings. The van der Waals surface area contributed by atoms with Crippen molar-refractivity contribution in [1.82, 2.24) is 5.32 Å². The summed E-state index contributed by atoms with van der Waals surface area (Å²) in [4.78, 5) is 11.1. The number of hydrogen-bond acceptors (Lipinski definition) is 3. The molecule has 1 amide bonds. The highest BCUT2D eigenvalue weighted by Gasteiger charge is 2.17. The second-order valence-corrected chi connectivity index (χ2v) is 4.04. The molecule has 4 heteroatoms. The summed E-state index contributed by atoms with van der Waals surface area (Å²) in [5.74, 6) is 0. The summed E-state index contributed by atoms with van der Waals surface area (Å²) >= 11 is 0. The first kappa shape index (κ1) is 12.2. The van der Waals surface area contributed by atoms with Crippen molar-refractivity contribution in [2.24, 2.45) is 5.73 Å². The van der Waals surface area contributed by atoms with E-state index in [-0.39, 0.29) is 6.17 Å². The molecule has 0 aromatic heterocycles. The van der Waals surface area contributed by atoms with E-state index >= 15 is 0 Å². The summed E-state index contributed by atoms with van der Waals surface area (Å²) in [6, 6.07) is 0. The fraction of sp³-hybridized carbons (Fsp3) is 0.889. The van der Waals surface area contributed by atoms with Crippen molar-refractivity contribution < 1.29 is 9.53 Å². The number of carbonyl (C=O) groups is 1. The number of rotatable bonds is 3. The Balaban J connectivity index is 3.74. The van der Waals surface area contributed by atoms with E-state index < -0.39 is 11.7 Å². The normalized spacial score (nSPS) is 13.6. The van der Waals surface area contributed by atoms with Crippen molar-refractivity contribution in [1.29, 1.82) is 0 Å². The van der Waals surface area contributed by atoms with Crippen LogP contribution in [0.5, 0.6) is 0 Å². The van der Waals surface area contributed by atoms with Gasteiger partial charge in [0.2, 0.25) is 0 Å². The van der Waals surface area contributed by atoms with Crippen molar-refractivity contribution in [3.63, 3.8) is 0 Å². The number of hydrogen-bond donors (Lipinski definition) is 2. The molecule has 4 nitrogen and oxygen atoms in total. The summed E-state index contributed by atoms with van der Waals surface area (Å²) < 4.78 is 5.02. The van der Waals surface area contributed by atoms with Gasteiger partial charge in [-0.05, 0) is 27.2 Å². The van der Waals surface area contributed by atoms with Gasteiger partial charge < -0.3 is 15.8 Å². The number of nitrogens with two attached hydrogens (primary N) is 1. The molecule has 0 heterocycles. The van der Waals surface area contributed by atoms with Crippen LogP contribution >= 0.6 is 0 Å². The first-order valence-corrected chi connectivity index (χ1v) is 4.60. The van der Waals surface area contributed by atoms with Crippen LogP contribution in [-0.4, -0.2) is 17.9 Å². The van der Waals surface area contributed by atoms with E-state index in [9.17, 15) is 4.79 Å². The smallest absolute Gasteiger partial charge is 0.408 e. The van der Waals surface area contributed by atoms with E-state index in [1.807, 2.05) is 27.7 Å². The van der Waals surface area contributed by atoms with E-state index in [0.717, 1.165) is 12.8 Å². The van der Waals surface area contributed by atoms with Gasteiger partial charge in [-0.3, -0.25) is 0 Å². The van der Waals surface area contributed by atoms with Gasteiger partial charge in [0.25, 0.3) is 0 Å². The molecule has 0 aromatic carbocycles. The fourth-order valence-electron chi connectivity index (χ4n) is 0.842. The SMILES string of the molecule is CCC[C@H](N)NC(=O)OC(C)(C)C. The molecule has 0 unspecified atom stereocenters. The van der Waals surface area contributed by atoms with Gasteiger partial charge in [-0.2, -0.15) is 0 Å². The van der Waals surface area contributed by atoms with E-state index in [2.05, 4.69) is 5.32 Å². The maximum Gasteiger partial charge on any atom is 0.408 e. The predicted molar refractivity (Wildman–Crippen MR) is 52.3 cm³/mol. The molecule has 0 aliphatic rings. The van der Waals surface area contributed by atoms with Crippen LogP contribution in [0.4, 0.5) is 4.79 Å². The molecule has 13 heavy (non-hydrogen) atoms. The largest absolute Gasteiger partial charge is 0.444 e. The van der Waals surface area contributed by atoms with E-state index in [1.54, 1.807) is 0 Å². The summed E-state index contributed by atoms with van der Waals surface area (Å²) in [5, 5.41) is 2.55. The monoisotopic (exact) mass is 188 g/mol. The summed E-state index contributed by atoms with van der Waals surface area (Å²) in [7, 11) is 0. The molecule has 0 aliphatic carbocycles. The molecule has 0 aromatic rings. The maximum atomic E-state index is 11.1. The summed E-state index contributed by atoms with van der Waals surface area (Å²) in [5.41, 5.74) is 5.13. The van der Waals surface area contributed by atoms with Crippen LogP contribution < -0.4 is 11.1 Å². The first-order valence-electron chi connectivity index (χ1n) is 4.60. The number of alkyl carbamates (subject to hydrolysis) is 1. The third-order valence-electron chi connectivity index (χ3n) is 1.30. The highest BCUT2D eigenvalue weighted by Crippen LogP contribution is 2.06. The minimum Gasteiger partial charge on any atom is -0.444 e. The fourth-order valence-corrected chi connectivity index (χ4v) is 0.842. The maximum absolute atomic E-state index is 11.1. The van der Waals surface area contributed by atoms with Crippen molar-refractivity contribution in [3.8, 4) is 0 Å². The van der Waals surface area contributed by atoms with Gasteiger partial charge in [0.15, 0.2) is 0 Å². The third kappa shape index (κ3) is 7.59. The Bertz CT molecular complexity index is 163. The zero-order valence-corrected chi connectivity index (χ0v) is 8.89. The van der Waals surface area contributed by atoms with Crippen LogP contribution in [0.2, 0.25) is 0 Å². The zero-order valence-electron chi connectivity index (χ0n) is 8.89. The highest BCUT2D eigenvalue weighted by atomic mass is 16.6. The second-order valence-electron chi connectivity index (χ2n) is 4.04. The standard InChI is InChI=1S/C9H20N2O2/c1-5-6-7(10)11-8(12)13-9(2,3)4/h7H,5-6,10H2,1-4H3,(H,11,12)/t7-/m1/s1. The molecule has 0 aliphatic heterocycles. The summed E-state index contributed by atoms with van der Waals surface area (Å²) in [6.45, 7) is 7.46. The van der Waals surface area contributed by atoms with E-state index in [0.29, 0.717) is 0 Å². The third-order valence-corrected chi connectivity index (χ3v) is 1.30. The molecule has 3 N–H and O–H groups in total. The molecular formula is C9H20N2O2. The van der Waals surface area contributed by atoms with Crippen molar-refractivity contribution in [2.75, 3.05) is 0 Å². The second kappa shape index (κ2) is 5.07. The topological polar surface area (TPSA) is 64.3 Å². The van der Waals surface area contributed by atoms with Gasteiger partial charge in [-0.25, -0.2) is 4.79 Å². The highest BCUT2D eigenvalue weighted by molar-refractivity contribution is 5.67. The molecule has 0 saturated carbocycles. The minimum atomic E-state index is -0.462. The lowest BCUT2D eigenvalue weighted by atomic mass is 10.2. The van der Waals surface area contributed by atoms with E-state index in [1.165, 1.54) is 0 Å². The Kier molecular flexibility index (Phi) is 4.77. The van der Waals surface area contributed by atoms with E-state index in [4.69, 9.17) is 10.5 Å². The number of nitrogens with one attached hydrogen (secondary N) is 1. The molecule has 0 radical (unpaired) electrons. The van der Waals surface area contributed by atoms with Crippen LogP contribution in [-0.2, 0) is 4.74 Å². The molecular weight excluding hydrogens is 168 g/mol. The van der Waals surface area contributed by atoms with Crippen LogP contribution in [0.3, 0.4) is 0 Å². The van der Waals surface area contributed by atoms with Gasteiger partial charge in [0.1, 0.15) is 5.60 Å². The molecule has 0 rings (SSSR count). The van der Waals surface area contributed by atoms with Crippen LogP contribution in [0.25, 0.3) is 0 Å². The number of carbonyl (C=O) groups excluding carboxylic acids is 1. The van der Waals surface area contributed by atoms with Gasteiger partial charge in [-0.15, -0.1) is 0 Å². The zero-order chi connectivity index (χ0) is 10.5. The average molecular weight is 188 g/mol. The Morgan fingerprint density at radius 1 is 1.54 bits per heavy atom. The number of ether oxygens (including phenoxy) is 1. The van der Waals surface area contributed by atoms with Crippen LogP contribution in [0, 0.1) is 0 Å². The van der Waals surface area contributed by atoms with Gasteiger partial charge in [0, 0.05) is 0 Å². The molecule has 1 atom stereocenters. The Morgan fingerprint density at radius 2 is 2.08 bits per heavy atom. The molecule has 0 spiro atoms. The van der Waals surface area contributed by atoms with Crippen LogP contribution in [0.15, 0.2) is 0 Å². The Morgan fingerprint density at radius 3 is 2.46 bits per heavy atom. The predicted octanol–water partition coefficient (Wildman–Crippen LogP) is 1.60. The van der Waals surface area contributed by atoms with Gasteiger partial charge >= 0.3 is 6.09 Å². The minimum absolute atomic E-state index is 0.306. The van der Waals surface area contributed by atoms with Crippen LogP contribution in [0.1, 0.15) is 40.5 Å². The molecule has 0 saturated heterocycles. The van der Waals surface area contributed by atoms with Crippen molar-refractivity contribution in [2.45, 2.75) is 52.3 Å². The summed E-state index contributed by atoms with van der Waals surface area (Å²) in [6.07, 6.45) is 0.948. The van der Waals surface area contributed by atoms with Gasteiger partial charge in [0.05, 0.1) is 6.17 Å². The lowest BCUT2D eigenvalue weighted by Gasteiger charge is -2.21. The first-order chi connectivity index (χ1) is 5.85. The van der Waals surface area contributed by atoms with Crippen molar-refractivity contribution in [3.05, 3.63) is 0 Å². The molecule has 78 valence electrons. The lowest BCUT2D eigenvalue weighted by molar-refractivity contribution is 0.0503.